The fourth-order valence-corrected chi connectivity index (χ4v) is 3.21. The summed E-state index contributed by atoms with van der Waals surface area (Å²) in [6.45, 7) is 4.24. The number of hydrogen-bond acceptors (Lipinski definition) is 2. The van der Waals surface area contributed by atoms with Crippen molar-refractivity contribution in [2.75, 3.05) is 6.54 Å². The van der Waals surface area contributed by atoms with E-state index in [1.54, 1.807) is 12.1 Å². The minimum absolute atomic E-state index is 0.00985. The van der Waals surface area contributed by atoms with Gasteiger partial charge in [0.25, 0.3) is 11.8 Å². The Bertz CT molecular complexity index is 885. The lowest BCUT2D eigenvalue weighted by Crippen LogP contribution is -2.33. The van der Waals surface area contributed by atoms with Gasteiger partial charge in [-0.05, 0) is 54.7 Å². The third kappa shape index (κ3) is 3.48. The molecule has 5 heteroatoms. The summed E-state index contributed by atoms with van der Waals surface area (Å²) in [6.07, 6.45) is 0.555. The van der Waals surface area contributed by atoms with Crippen LogP contribution in [0, 0.1) is 13.8 Å². The van der Waals surface area contributed by atoms with Crippen molar-refractivity contribution in [3.05, 3.63) is 74.8 Å². The number of hydrogen-bond donors (Lipinski definition) is 0. The highest BCUT2D eigenvalue weighted by Crippen LogP contribution is 2.32. The first-order valence-electron chi connectivity index (χ1n) is 7.96. The highest BCUT2D eigenvalue weighted by Gasteiger charge is 2.37. The molecule has 3 nitrogen and oxygen atoms in total. The Kier molecular flexibility index (Phi) is 4.98. The number of nitrogens with zero attached hydrogens (tertiary/aromatic N) is 1. The predicted octanol–water partition coefficient (Wildman–Crippen LogP) is 4.52. The Hall–Kier alpha value is -2.10. The lowest BCUT2D eigenvalue weighted by atomic mass is 10.0. The monoisotopic (exact) mass is 373 g/mol. The predicted molar refractivity (Wildman–Crippen MR) is 101 cm³/mol. The maximum atomic E-state index is 12.7. The number of imide groups is 1. The molecule has 0 bridgehead atoms. The van der Waals surface area contributed by atoms with E-state index in [0.717, 1.165) is 16.7 Å². The van der Waals surface area contributed by atoms with Crippen molar-refractivity contribution in [3.8, 4) is 0 Å². The number of rotatable bonds is 4. The molecule has 0 N–H and O–H groups in total. The first-order valence-corrected chi connectivity index (χ1v) is 8.72. The van der Waals surface area contributed by atoms with E-state index in [1.165, 1.54) is 4.90 Å². The van der Waals surface area contributed by atoms with Gasteiger partial charge in [0.05, 0.1) is 5.57 Å². The summed E-state index contributed by atoms with van der Waals surface area (Å²) >= 11 is 12.1. The SMILES string of the molecule is Cc1ccc(C2=C(Cl)C(=O)N(CCc3ccc(Cl)cc3)C2=O)cc1C. The van der Waals surface area contributed by atoms with Crippen molar-refractivity contribution >= 4 is 40.6 Å². The van der Waals surface area contributed by atoms with E-state index < -0.39 is 5.91 Å². The van der Waals surface area contributed by atoms with E-state index in [2.05, 4.69) is 0 Å². The molecule has 128 valence electrons. The Morgan fingerprint density at radius 1 is 0.880 bits per heavy atom. The zero-order valence-electron chi connectivity index (χ0n) is 14.0. The maximum absolute atomic E-state index is 12.7. The molecule has 0 atom stereocenters. The molecular weight excluding hydrogens is 357 g/mol. The van der Waals surface area contributed by atoms with E-state index >= 15 is 0 Å². The molecule has 1 heterocycles. The van der Waals surface area contributed by atoms with E-state index in [-0.39, 0.29) is 23.1 Å². The van der Waals surface area contributed by atoms with Crippen LogP contribution in [0.15, 0.2) is 47.5 Å². The van der Waals surface area contributed by atoms with Gasteiger partial charge in [0.2, 0.25) is 0 Å². The lowest BCUT2D eigenvalue weighted by molar-refractivity contribution is -0.136. The van der Waals surface area contributed by atoms with Crippen molar-refractivity contribution in [2.24, 2.45) is 0 Å². The van der Waals surface area contributed by atoms with Crippen LogP contribution in [0.4, 0.5) is 0 Å². The second kappa shape index (κ2) is 7.03. The summed E-state index contributed by atoms with van der Waals surface area (Å²) in [7, 11) is 0. The highest BCUT2D eigenvalue weighted by atomic mass is 35.5. The Morgan fingerprint density at radius 3 is 2.20 bits per heavy atom. The van der Waals surface area contributed by atoms with Crippen LogP contribution in [-0.4, -0.2) is 23.3 Å². The number of carbonyl (C=O) groups is 2. The molecule has 0 spiro atoms. The summed E-state index contributed by atoms with van der Waals surface area (Å²) in [5.74, 6) is -0.777. The molecule has 2 aromatic carbocycles. The molecule has 25 heavy (non-hydrogen) atoms. The molecule has 1 aliphatic rings. The average Bonchev–Trinajstić information content (AvgIpc) is 2.80. The van der Waals surface area contributed by atoms with E-state index in [9.17, 15) is 9.59 Å². The van der Waals surface area contributed by atoms with Crippen molar-refractivity contribution in [2.45, 2.75) is 20.3 Å². The first-order chi connectivity index (χ1) is 11.9. The normalized spacial score (nSPS) is 14.6. The molecule has 0 unspecified atom stereocenters. The van der Waals surface area contributed by atoms with Gasteiger partial charge < -0.3 is 0 Å². The van der Waals surface area contributed by atoms with Crippen LogP contribution in [-0.2, 0) is 16.0 Å². The number of aryl methyl sites for hydroxylation is 2. The molecule has 0 radical (unpaired) electrons. The molecule has 0 saturated carbocycles. The highest BCUT2D eigenvalue weighted by molar-refractivity contribution is 6.55. The van der Waals surface area contributed by atoms with Crippen molar-refractivity contribution in [1.82, 2.24) is 4.90 Å². The van der Waals surface area contributed by atoms with Crippen molar-refractivity contribution in [3.63, 3.8) is 0 Å². The fourth-order valence-electron chi connectivity index (χ4n) is 2.79. The number of amides is 2. The Labute approximate surface area is 156 Å². The number of halogens is 2. The van der Waals surface area contributed by atoms with E-state index in [1.807, 2.05) is 44.2 Å². The van der Waals surface area contributed by atoms with Gasteiger partial charge in [0.1, 0.15) is 5.03 Å². The summed E-state index contributed by atoms with van der Waals surface area (Å²) in [6, 6.07) is 13.0. The number of carbonyl (C=O) groups excluding carboxylic acids is 2. The second-order valence-electron chi connectivity index (χ2n) is 6.13. The standard InChI is InChI=1S/C20H17Cl2NO2/c1-12-3-6-15(11-13(12)2)17-18(22)20(25)23(19(17)24)10-9-14-4-7-16(21)8-5-14/h3-8,11H,9-10H2,1-2H3. The topological polar surface area (TPSA) is 37.4 Å². The first kappa shape index (κ1) is 17.7. The zero-order valence-corrected chi connectivity index (χ0v) is 15.5. The van der Waals surface area contributed by atoms with Gasteiger partial charge in [-0.3, -0.25) is 14.5 Å². The quantitative estimate of drug-likeness (QED) is 0.738. The van der Waals surface area contributed by atoms with E-state index in [0.29, 0.717) is 17.0 Å². The molecule has 2 aromatic rings. The van der Waals surface area contributed by atoms with Gasteiger partial charge in [0.15, 0.2) is 0 Å². The minimum atomic E-state index is -0.436. The van der Waals surface area contributed by atoms with E-state index in [4.69, 9.17) is 23.2 Å². The number of benzene rings is 2. The molecule has 2 amide bonds. The zero-order chi connectivity index (χ0) is 18.1. The van der Waals surface area contributed by atoms with Crippen LogP contribution < -0.4 is 0 Å². The lowest BCUT2D eigenvalue weighted by Gasteiger charge is -2.15. The second-order valence-corrected chi connectivity index (χ2v) is 6.94. The van der Waals surface area contributed by atoms with Crippen LogP contribution in [0.25, 0.3) is 5.57 Å². The maximum Gasteiger partial charge on any atom is 0.273 e. The molecule has 0 aliphatic carbocycles. The molecule has 0 saturated heterocycles. The van der Waals surface area contributed by atoms with Gasteiger partial charge in [-0.15, -0.1) is 0 Å². The average molecular weight is 374 g/mol. The van der Waals surface area contributed by atoms with Crippen LogP contribution in [0.5, 0.6) is 0 Å². The fraction of sp³-hybridized carbons (Fsp3) is 0.200. The largest absolute Gasteiger partial charge is 0.273 e. The van der Waals surface area contributed by atoms with Gasteiger partial charge in [-0.25, -0.2) is 0 Å². The molecule has 1 aliphatic heterocycles. The third-order valence-electron chi connectivity index (χ3n) is 4.44. The van der Waals surface area contributed by atoms with Crippen LogP contribution in [0.1, 0.15) is 22.3 Å². The summed E-state index contributed by atoms with van der Waals surface area (Å²) in [5.41, 5.74) is 4.14. The van der Waals surface area contributed by atoms with Crippen molar-refractivity contribution < 1.29 is 9.59 Å². The van der Waals surface area contributed by atoms with Gasteiger partial charge in [0, 0.05) is 11.6 Å². The van der Waals surface area contributed by atoms with Crippen molar-refractivity contribution in [1.29, 1.82) is 0 Å². The van der Waals surface area contributed by atoms with Crippen LogP contribution >= 0.6 is 23.2 Å². The summed E-state index contributed by atoms with van der Waals surface area (Å²) in [5, 5.41) is 0.642. The molecule has 0 fully saturated rings. The molecular formula is C20H17Cl2NO2. The van der Waals surface area contributed by atoms with Gasteiger partial charge in [-0.2, -0.15) is 0 Å². The Morgan fingerprint density at radius 2 is 1.56 bits per heavy atom. The minimum Gasteiger partial charge on any atom is -0.273 e. The molecule has 0 aromatic heterocycles. The smallest absolute Gasteiger partial charge is 0.273 e. The Balaban J connectivity index is 1.81. The molecule has 3 rings (SSSR count). The summed E-state index contributed by atoms with van der Waals surface area (Å²) < 4.78 is 0. The van der Waals surface area contributed by atoms with Gasteiger partial charge in [-0.1, -0.05) is 53.5 Å². The third-order valence-corrected chi connectivity index (χ3v) is 5.05. The van der Waals surface area contributed by atoms with Gasteiger partial charge >= 0.3 is 0 Å². The summed E-state index contributed by atoms with van der Waals surface area (Å²) in [4.78, 5) is 26.4. The van der Waals surface area contributed by atoms with Crippen LogP contribution in [0.2, 0.25) is 5.02 Å². The van der Waals surface area contributed by atoms with Crippen LogP contribution in [0.3, 0.4) is 0 Å².